The molecule has 6 rings (SSSR count). The fraction of sp³-hybridized carbons (Fsp3) is 0.872. The monoisotopic (exact) mass is 654 g/mol. The number of methoxy groups -OCH3 is 2. The van der Waals surface area contributed by atoms with Crippen LogP contribution in [0.3, 0.4) is 0 Å². The molecule has 5 aliphatic carbocycles. The number of amides is 1. The van der Waals surface area contributed by atoms with Crippen LogP contribution in [0.4, 0.5) is 0 Å². The standard InChI is InChI=1S/C39H62N2O6/c1-23(2)24-14-19-39(34(45)40-31(33(44)47-9)41-22-10-11-26(41)32(43)46-8)21-20-37(6)25(30(24)39)12-13-28-36(5)17-16-29(42)35(3,4)27(36)15-18-38(28,37)7/h24-31,42H,1,10-22H2,2-9H3,(H,40,45)/t24-,25+,26?,27-,28+,29-,30+,31-,36-,37+,38+,39-/m0/s1. The van der Waals surface area contributed by atoms with Gasteiger partial charge in [-0.3, -0.25) is 14.5 Å². The van der Waals surface area contributed by atoms with Gasteiger partial charge in [0.15, 0.2) is 6.17 Å². The highest BCUT2D eigenvalue weighted by molar-refractivity contribution is 5.89. The maximum absolute atomic E-state index is 14.9. The quantitative estimate of drug-likeness (QED) is 0.257. The largest absolute Gasteiger partial charge is 0.468 e. The number of carbonyl (C=O) groups is 3. The number of rotatable bonds is 6. The Labute approximate surface area is 283 Å². The summed E-state index contributed by atoms with van der Waals surface area (Å²) in [6.45, 7) is 19.4. The molecule has 0 spiro atoms. The molecule has 1 unspecified atom stereocenters. The van der Waals surface area contributed by atoms with Crippen molar-refractivity contribution in [3.8, 4) is 0 Å². The number of aliphatic hydroxyl groups excluding tert-OH is 1. The molecular formula is C39H62N2O6. The Morgan fingerprint density at radius 1 is 0.851 bits per heavy atom. The van der Waals surface area contributed by atoms with Crippen LogP contribution in [0, 0.1) is 56.7 Å². The van der Waals surface area contributed by atoms with Crippen LogP contribution in [0.5, 0.6) is 0 Å². The van der Waals surface area contributed by atoms with Gasteiger partial charge in [-0.2, -0.15) is 0 Å². The normalized spacial score (nSPS) is 46.2. The first-order valence-corrected chi connectivity index (χ1v) is 18.6. The van der Waals surface area contributed by atoms with E-state index in [1.165, 1.54) is 20.6 Å². The molecule has 6 fully saturated rings. The minimum absolute atomic E-state index is 0.0646. The fourth-order valence-electron chi connectivity index (χ4n) is 13.7. The fourth-order valence-corrected chi connectivity index (χ4v) is 13.7. The number of fused-ring (bicyclic) bond motifs is 7. The molecule has 6 aliphatic rings. The van der Waals surface area contributed by atoms with Gasteiger partial charge in [0.2, 0.25) is 5.91 Å². The van der Waals surface area contributed by atoms with Gasteiger partial charge in [0.05, 0.1) is 25.7 Å². The Bertz CT molecular complexity index is 1300. The molecule has 8 heteroatoms. The van der Waals surface area contributed by atoms with E-state index in [0.717, 1.165) is 69.8 Å². The highest BCUT2D eigenvalue weighted by Crippen LogP contribution is 2.77. The molecule has 2 N–H and O–H groups in total. The van der Waals surface area contributed by atoms with Crippen LogP contribution in [-0.4, -0.2) is 66.9 Å². The van der Waals surface area contributed by atoms with Gasteiger partial charge in [-0.1, -0.05) is 46.8 Å². The van der Waals surface area contributed by atoms with Crippen LogP contribution in [0.15, 0.2) is 12.2 Å². The molecule has 1 heterocycles. The van der Waals surface area contributed by atoms with Gasteiger partial charge < -0.3 is 19.9 Å². The van der Waals surface area contributed by atoms with E-state index in [9.17, 15) is 19.5 Å². The SMILES string of the molecule is C=C(C)[C@@H]1CC[C@]2(C(=O)N[C@H](C(=O)OC)N3CCCC3C(=O)OC)CC[C@]3(C)[C@H](CC[C@@H]4[C@@]5(C)CC[C@H](O)C(C)(C)[C@@H]5CC[C@]43C)[C@@H]12. The van der Waals surface area contributed by atoms with Gasteiger partial charge in [-0.15, -0.1) is 0 Å². The average molecular weight is 655 g/mol. The number of nitrogens with one attached hydrogen (secondary N) is 1. The van der Waals surface area contributed by atoms with Crippen molar-refractivity contribution >= 4 is 17.8 Å². The smallest absolute Gasteiger partial charge is 0.343 e. The lowest BCUT2D eigenvalue weighted by molar-refractivity contribution is -0.246. The Kier molecular flexibility index (Phi) is 8.80. The van der Waals surface area contributed by atoms with E-state index in [-0.39, 0.29) is 51.5 Å². The summed E-state index contributed by atoms with van der Waals surface area (Å²) in [6.07, 6.45) is 10.1. The number of ether oxygens (including phenoxy) is 2. The number of hydrogen-bond acceptors (Lipinski definition) is 7. The summed E-state index contributed by atoms with van der Waals surface area (Å²) in [6, 6.07) is -0.586. The lowest BCUT2D eigenvalue weighted by atomic mass is 9.32. The number of hydrogen-bond donors (Lipinski definition) is 2. The maximum atomic E-state index is 14.9. The third-order valence-electron chi connectivity index (χ3n) is 16.3. The van der Waals surface area contributed by atoms with Gasteiger partial charge >= 0.3 is 11.9 Å². The summed E-state index contributed by atoms with van der Waals surface area (Å²) >= 11 is 0. The van der Waals surface area contributed by atoms with Crippen molar-refractivity contribution in [3.63, 3.8) is 0 Å². The maximum Gasteiger partial charge on any atom is 0.343 e. The van der Waals surface area contributed by atoms with Gasteiger partial charge in [0.1, 0.15) is 6.04 Å². The second-order valence-electron chi connectivity index (χ2n) is 18.0. The third kappa shape index (κ3) is 4.83. The molecule has 1 amide bonds. The van der Waals surface area contributed by atoms with Crippen molar-refractivity contribution in [3.05, 3.63) is 12.2 Å². The minimum Gasteiger partial charge on any atom is -0.468 e. The van der Waals surface area contributed by atoms with Crippen LogP contribution < -0.4 is 5.32 Å². The van der Waals surface area contributed by atoms with E-state index in [2.05, 4.69) is 53.4 Å². The summed E-state index contributed by atoms with van der Waals surface area (Å²) in [5.41, 5.74) is 0.891. The van der Waals surface area contributed by atoms with Gasteiger partial charge in [0, 0.05) is 6.54 Å². The Morgan fingerprint density at radius 2 is 1.57 bits per heavy atom. The first-order chi connectivity index (χ1) is 22.0. The van der Waals surface area contributed by atoms with Crippen molar-refractivity contribution in [1.29, 1.82) is 0 Å². The number of likely N-dealkylation sites (tertiary alicyclic amines) is 1. The molecule has 0 aromatic carbocycles. The molecule has 264 valence electrons. The average Bonchev–Trinajstić information content (AvgIpc) is 3.68. The van der Waals surface area contributed by atoms with E-state index >= 15 is 0 Å². The molecule has 47 heavy (non-hydrogen) atoms. The van der Waals surface area contributed by atoms with Gasteiger partial charge in [-0.25, -0.2) is 4.79 Å². The van der Waals surface area contributed by atoms with Crippen LogP contribution in [0.2, 0.25) is 0 Å². The molecule has 0 bridgehead atoms. The molecule has 0 aromatic rings. The highest BCUT2D eigenvalue weighted by atomic mass is 16.5. The second kappa shape index (κ2) is 11.8. The third-order valence-corrected chi connectivity index (χ3v) is 16.3. The lowest BCUT2D eigenvalue weighted by Gasteiger charge is -2.72. The van der Waals surface area contributed by atoms with Gasteiger partial charge in [0.25, 0.3) is 0 Å². The summed E-state index contributed by atoms with van der Waals surface area (Å²) in [5.74, 6) is 0.883. The van der Waals surface area contributed by atoms with Crippen LogP contribution >= 0.6 is 0 Å². The number of carbonyl (C=O) groups excluding carboxylic acids is 3. The summed E-state index contributed by atoms with van der Waals surface area (Å²) in [5, 5.41) is 14.3. The molecule has 8 nitrogen and oxygen atoms in total. The van der Waals surface area contributed by atoms with Crippen LogP contribution in [0.1, 0.15) is 119 Å². The second-order valence-corrected chi connectivity index (χ2v) is 18.0. The minimum atomic E-state index is -1.03. The zero-order chi connectivity index (χ0) is 34.3. The van der Waals surface area contributed by atoms with Crippen molar-refractivity contribution < 1.29 is 29.0 Å². The molecular weight excluding hydrogens is 592 g/mol. The predicted molar refractivity (Wildman–Crippen MR) is 181 cm³/mol. The number of allylic oxidation sites excluding steroid dienone is 1. The number of nitrogens with zero attached hydrogens (tertiary/aromatic N) is 1. The molecule has 12 atom stereocenters. The van der Waals surface area contributed by atoms with Crippen molar-refractivity contribution in [2.45, 2.75) is 137 Å². The van der Waals surface area contributed by atoms with Crippen molar-refractivity contribution in [2.75, 3.05) is 20.8 Å². The molecule has 0 aromatic heterocycles. The number of aliphatic hydroxyl groups is 1. The Hall–Kier alpha value is -1.93. The first-order valence-electron chi connectivity index (χ1n) is 18.6. The van der Waals surface area contributed by atoms with Crippen molar-refractivity contribution in [2.24, 2.45) is 56.7 Å². The van der Waals surface area contributed by atoms with E-state index in [1.54, 1.807) is 4.90 Å². The summed E-state index contributed by atoms with van der Waals surface area (Å²) < 4.78 is 10.3. The van der Waals surface area contributed by atoms with Gasteiger partial charge in [-0.05, 0) is 135 Å². The zero-order valence-electron chi connectivity index (χ0n) is 30.5. The van der Waals surface area contributed by atoms with E-state index in [0.29, 0.717) is 30.7 Å². The summed E-state index contributed by atoms with van der Waals surface area (Å²) in [4.78, 5) is 42.6. The first kappa shape index (κ1) is 34.9. The van der Waals surface area contributed by atoms with Crippen molar-refractivity contribution in [1.82, 2.24) is 10.2 Å². The molecule has 0 radical (unpaired) electrons. The molecule has 1 aliphatic heterocycles. The van der Waals surface area contributed by atoms with E-state index in [1.807, 2.05) is 0 Å². The predicted octanol–water partition coefficient (Wildman–Crippen LogP) is 6.26. The molecule has 1 saturated heterocycles. The van der Waals surface area contributed by atoms with E-state index in [4.69, 9.17) is 9.47 Å². The zero-order valence-corrected chi connectivity index (χ0v) is 30.5. The summed E-state index contributed by atoms with van der Waals surface area (Å²) in [7, 11) is 2.71. The van der Waals surface area contributed by atoms with E-state index < -0.39 is 23.6 Å². The molecule has 5 saturated carbocycles. The lowest BCUT2D eigenvalue weighted by Crippen LogP contribution is -2.68. The Morgan fingerprint density at radius 3 is 2.23 bits per heavy atom. The van der Waals surface area contributed by atoms with Crippen LogP contribution in [0.25, 0.3) is 0 Å². The Balaban J connectivity index is 1.34. The van der Waals surface area contributed by atoms with Crippen LogP contribution in [-0.2, 0) is 23.9 Å². The highest BCUT2D eigenvalue weighted by Gasteiger charge is 2.72. The number of esters is 2. The topological polar surface area (TPSA) is 105 Å².